The highest BCUT2D eigenvalue weighted by Crippen LogP contribution is 2.37. The van der Waals surface area contributed by atoms with Crippen LogP contribution in [0.1, 0.15) is 12.5 Å². The lowest BCUT2D eigenvalue weighted by Crippen LogP contribution is -2.44. The van der Waals surface area contributed by atoms with Crippen molar-refractivity contribution in [1.29, 1.82) is 0 Å². The first kappa shape index (κ1) is 12.1. The number of rotatable bonds is 1. The molecule has 0 amide bonds. The van der Waals surface area contributed by atoms with E-state index >= 15 is 0 Å². The van der Waals surface area contributed by atoms with Crippen LogP contribution in [0.5, 0.6) is 11.5 Å². The van der Waals surface area contributed by atoms with Crippen LogP contribution in [-0.2, 0) is 5.60 Å². The smallest absolute Gasteiger partial charge is 0.161 e. The Morgan fingerprint density at radius 2 is 1.63 bits per heavy atom. The SMILES string of the molecule is C[C@@H]1Oc2ccccc2OC[C@@]1(O)c1ccccc1. The molecule has 0 fully saturated rings. The average Bonchev–Trinajstić information content (AvgIpc) is 2.59. The van der Waals surface area contributed by atoms with E-state index in [9.17, 15) is 5.11 Å². The van der Waals surface area contributed by atoms with E-state index in [1.165, 1.54) is 0 Å². The van der Waals surface area contributed by atoms with Crippen LogP contribution in [0.25, 0.3) is 0 Å². The Kier molecular flexibility index (Phi) is 2.91. The number of ether oxygens (including phenoxy) is 2. The minimum absolute atomic E-state index is 0.176. The van der Waals surface area contributed by atoms with Gasteiger partial charge in [-0.05, 0) is 24.6 Å². The first-order valence-electron chi connectivity index (χ1n) is 6.36. The maximum Gasteiger partial charge on any atom is 0.161 e. The molecular weight excluding hydrogens is 240 g/mol. The molecule has 2 aromatic carbocycles. The summed E-state index contributed by atoms with van der Waals surface area (Å²) >= 11 is 0. The van der Waals surface area contributed by atoms with Crippen LogP contribution < -0.4 is 9.47 Å². The molecule has 0 saturated heterocycles. The van der Waals surface area contributed by atoms with Crippen molar-refractivity contribution in [3.8, 4) is 11.5 Å². The van der Waals surface area contributed by atoms with E-state index in [1.54, 1.807) is 0 Å². The third-order valence-corrected chi connectivity index (χ3v) is 3.55. The van der Waals surface area contributed by atoms with E-state index in [2.05, 4.69) is 0 Å². The van der Waals surface area contributed by atoms with Crippen LogP contribution >= 0.6 is 0 Å². The average molecular weight is 256 g/mol. The lowest BCUT2D eigenvalue weighted by atomic mass is 9.89. The molecule has 0 bridgehead atoms. The third-order valence-electron chi connectivity index (χ3n) is 3.55. The van der Waals surface area contributed by atoms with Gasteiger partial charge in [0.1, 0.15) is 12.7 Å². The quantitative estimate of drug-likeness (QED) is 0.852. The molecule has 1 heterocycles. The number of hydrogen-bond acceptors (Lipinski definition) is 3. The molecule has 0 aliphatic carbocycles. The fourth-order valence-electron chi connectivity index (χ4n) is 2.30. The van der Waals surface area contributed by atoms with Gasteiger partial charge >= 0.3 is 0 Å². The maximum absolute atomic E-state index is 10.9. The van der Waals surface area contributed by atoms with Gasteiger partial charge in [0.15, 0.2) is 17.1 Å². The van der Waals surface area contributed by atoms with Crippen molar-refractivity contribution in [3.05, 3.63) is 60.2 Å². The monoisotopic (exact) mass is 256 g/mol. The summed E-state index contributed by atoms with van der Waals surface area (Å²) in [5.41, 5.74) is -0.351. The molecular formula is C16H16O3. The van der Waals surface area contributed by atoms with Gasteiger partial charge in [-0.2, -0.15) is 0 Å². The normalized spacial score (nSPS) is 25.7. The summed E-state index contributed by atoms with van der Waals surface area (Å²) in [4.78, 5) is 0. The fourth-order valence-corrected chi connectivity index (χ4v) is 2.30. The second-order valence-corrected chi connectivity index (χ2v) is 4.79. The molecule has 98 valence electrons. The minimum Gasteiger partial charge on any atom is -0.486 e. The number of benzene rings is 2. The van der Waals surface area contributed by atoms with E-state index in [1.807, 2.05) is 61.5 Å². The highest BCUT2D eigenvalue weighted by Gasteiger charge is 2.40. The van der Waals surface area contributed by atoms with E-state index in [4.69, 9.17) is 9.47 Å². The van der Waals surface area contributed by atoms with Crippen molar-refractivity contribution < 1.29 is 14.6 Å². The van der Waals surface area contributed by atoms with Crippen LogP contribution in [0.2, 0.25) is 0 Å². The van der Waals surface area contributed by atoms with E-state index in [0.29, 0.717) is 11.5 Å². The van der Waals surface area contributed by atoms with Crippen LogP contribution in [0.15, 0.2) is 54.6 Å². The zero-order valence-corrected chi connectivity index (χ0v) is 10.7. The summed E-state index contributed by atoms with van der Waals surface area (Å²) in [6, 6.07) is 17.0. The lowest BCUT2D eigenvalue weighted by Gasteiger charge is -2.31. The van der Waals surface area contributed by atoms with Gasteiger partial charge in [0.25, 0.3) is 0 Å². The van der Waals surface area contributed by atoms with E-state index in [-0.39, 0.29) is 6.61 Å². The van der Waals surface area contributed by atoms with E-state index < -0.39 is 11.7 Å². The molecule has 0 unspecified atom stereocenters. The van der Waals surface area contributed by atoms with E-state index in [0.717, 1.165) is 5.56 Å². The van der Waals surface area contributed by atoms with Crippen molar-refractivity contribution in [2.45, 2.75) is 18.6 Å². The number of para-hydroxylation sites is 2. The van der Waals surface area contributed by atoms with Crippen LogP contribution in [0, 0.1) is 0 Å². The molecule has 0 aromatic heterocycles. The maximum atomic E-state index is 10.9. The summed E-state index contributed by atoms with van der Waals surface area (Å²) in [5.74, 6) is 1.34. The second-order valence-electron chi connectivity index (χ2n) is 4.79. The largest absolute Gasteiger partial charge is 0.486 e. The predicted molar refractivity (Wildman–Crippen MR) is 72.4 cm³/mol. The topological polar surface area (TPSA) is 38.7 Å². The lowest BCUT2D eigenvalue weighted by molar-refractivity contribution is -0.0749. The van der Waals surface area contributed by atoms with Gasteiger partial charge < -0.3 is 14.6 Å². The minimum atomic E-state index is -1.15. The Bertz CT molecular complexity index is 567. The second kappa shape index (κ2) is 4.59. The number of hydrogen-bond donors (Lipinski definition) is 1. The van der Waals surface area contributed by atoms with Crippen LogP contribution in [0.3, 0.4) is 0 Å². The van der Waals surface area contributed by atoms with Crippen LogP contribution in [-0.4, -0.2) is 17.8 Å². The Morgan fingerprint density at radius 1 is 1.00 bits per heavy atom. The molecule has 3 heteroatoms. The van der Waals surface area contributed by atoms with Gasteiger partial charge in [0.2, 0.25) is 0 Å². The van der Waals surface area contributed by atoms with Crippen molar-refractivity contribution in [2.75, 3.05) is 6.61 Å². The Morgan fingerprint density at radius 3 is 2.37 bits per heavy atom. The number of aliphatic hydroxyl groups is 1. The summed E-state index contributed by atoms with van der Waals surface area (Å²) in [5, 5.41) is 10.9. The van der Waals surface area contributed by atoms with Crippen molar-refractivity contribution in [3.63, 3.8) is 0 Å². The predicted octanol–water partition coefficient (Wildman–Crippen LogP) is 2.73. The highest BCUT2D eigenvalue weighted by atomic mass is 16.6. The Labute approximate surface area is 112 Å². The van der Waals surface area contributed by atoms with Gasteiger partial charge in [0, 0.05) is 0 Å². The number of fused-ring (bicyclic) bond motifs is 1. The molecule has 1 N–H and O–H groups in total. The molecule has 1 aliphatic heterocycles. The molecule has 0 spiro atoms. The molecule has 19 heavy (non-hydrogen) atoms. The van der Waals surface area contributed by atoms with Gasteiger partial charge in [0.05, 0.1) is 0 Å². The van der Waals surface area contributed by atoms with Crippen LogP contribution in [0.4, 0.5) is 0 Å². The highest BCUT2D eigenvalue weighted by molar-refractivity contribution is 5.41. The fraction of sp³-hybridized carbons (Fsp3) is 0.250. The van der Waals surface area contributed by atoms with Crippen molar-refractivity contribution in [1.82, 2.24) is 0 Å². The molecule has 2 aromatic rings. The molecule has 3 rings (SSSR count). The Balaban J connectivity index is 1.98. The molecule has 2 atom stereocenters. The molecule has 1 aliphatic rings. The third kappa shape index (κ3) is 2.06. The van der Waals surface area contributed by atoms with Crippen molar-refractivity contribution >= 4 is 0 Å². The zero-order valence-electron chi connectivity index (χ0n) is 10.7. The first-order chi connectivity index (χ1) is 9.20. The Hall–Kier alpha value is -2.00. The standard InChI is InChI=1S/C16H16O3/c1-12-16(17,13-7-3-2-4-8-13)11-18-14-9-5-6-10-15(14)19-12/h2-10,12,17H,11H2,1H3/t12-,16-/m0/s1. The first-order valence-corrected chi connectivity index (χ1v) is 6.36. The summed E-state index contributed by atoms with van der Waals surface area (Å²) < 4.78 is 11.6. The van der Waals surface area contributed by atoms with Gasteiger partial charge in [-0.25, -0.2) is 0 Å². The summed E-state index contributed by atoms with van der Waals surface area (Å²) in [6.07, 6.45) is -0.390. The van der Waals surface area contributed by atoms with Gasteiger partial charge in [-0.1, -0.05) is 42.5 Å². The van der Waals surface area contributed by atoms with Crippen molar-refractivity contribution in [2.24, 2.45) is 0 Å². The molecule has 0 saturated carbocycles. The summed E-state index contributed by atoms with van der Waals surface area (Å²) in [6.45, 7) is 2.04. The van der Waals surface area contributed by atoms with Gasteiger partial charge in [-0.15, -0.1) is 0 Å². The zero-order chi connectivity index (χ0) is 13.3. The summed E-state index contributed by atoms with van der Waals surface area (Å²) in [7, 11) is 0. The molecule has 3 nitrogen and oxygen atoms in total. The van der Waals surface area contributed by atoms with Gasteiger partial charge in [-0.3, -0.25) is 0 Å². The molecule has 0 radical (unpaired) electrons.